The molecule has 146 valence electrons. The molecule has 1 N–H and O–H groups in total. The van der Waals surface area contributed by atoms with Gasteiger partial charge in [-0.3, -0.25) is 4.79 Å². The van der Waals surface area contributed by atoms with Crippen molar-refractivity contribution in [3.8, 4) is 17.1 Å². The highest BCUT2D eigenvalue weighted by Crippen LogP contribution is 2.31. The van der Waals surface area contributed by atoms with Crippen LogP contribution in [-0.2, 0) is 11.2 Å². The third kappa shape index (κ3) is 3.14. The molecule has 7 heteroatoms. The first kappa shape index (κ1) is 17.5. The average Bonchev–Trinajstić information content (AvgIpc) is 3.35. The number of ether oxygens (including phenoxy) is 1. The summed E-state index contributed by atoms with van der Waals surface area (Å²) in [6, 6.07) is 15.6. The van der Waals surface area contributed by atoms with Gasteiger partial charge in [0.2, 0.25) is 17.6 Å². The van der Waals surface area contributed by atoms with Crippen LogP contribution in [0.1, 0.15) is 17.4 Å². The molecule has 3 heterocycles. The van der Waals surface area contributed by atoms with Crippen molar-refractivity contribution in [2.24, 2.45) is 0 Å². The molecule has 1 aliphatic rings. The zero-order valence-electron chi connectivity index (χ0n) is 16.0. The van der Waals surface area contributed by atoms with E-state index in [2.05, 4.69) is 15.1 Å². The number of aromatic nitrogens is 3. The Bertz CT molecular complexity index is 1170. The Morgan fingerprint density at radius 2 is 2.00 bits per heavy atom. The predicted octanol–water partition coefficient (Wildman–Crippen LogP) is 3.40. The summed E-state index contributed by atoms with van der Waals surface area (Å²) < 4.78 is 10.8. The van der Waals surface area contributed by atoms with Crippen LogP contribution < -0.4 is 4.74 Å². The fraction of sp³-hybridized carbons (Fsp3) is 0.227. The van der Waals surface area contributed by atoms with Crippen LogP contribution in [0.5, 0.6) is 5.75 Å². The number of amides is 1. The topological polar surface area (TPSA) is 84.3 Å². The fourth-order valence-electron chi connectivity index (χ4n) is 3.73. The minimum absolute atomic E-state index is 0.0675. The normalized spacial score (nSPS) is 14.2. The number of nitrogens with zero attached hydrogens (tertiary/aromatic N) is 3. The van der Waals surface area contributed by atoms with E-state index in [0.29, 0.717) is 37.0 Å². The standard InChI is InChI=1S/C22H20N4O3/c1-28-19-9-5-3-7-17(19)21-24-22(29-25-21)15-12-26(13-15)20(27)10-14-11-23-18-8-4-2-6-16(14)18/h2-9,11,15,23H,10,12-13H2,1H3. The molecule has 4 aromatic rings. The molecule has 1 saturated heterocycles. The first-order valence-electron chi connectivity index (χ1n) is 9.52. The van der Waals surface area contributed by atoms with E-state index in [-0.39, 0.29) is 11.8 Å². The molecule has 1 aliphatic heterocycles. The molecule has 0 unspecified atom stereocenters. The van der Waals surface area contributed by atoms with Gasteiger partial charge in [-0.15, -0.1) is 0 Å². The van der Waals surface area contributed by atoms with E-state index < -0.39 is 0 Å². The van der Waals surface area contributed by atoms with Crippen LogP contribution in [0.3, 0.4) is 0 Å². The number of hydrogen-bond donors (Lipinski definition) is 1. The summed E-state index contributed by atoms with van der Waals surface area (Å²) in [7, 11) is 1.61. The maximum Gasteiger partial charge on any atom is 0.233 e. The summed E-state index contributed by atoms with van der Waals surface area (Å²) >= 11 is 0. The molecule has 29 heavy (non-hydrogen) atoms. The van der Waals surface area contributed by atoms with Gasteiger partial charge in [0.25, 0.3) is 0 Å². The molecule has 0 saturated carbocycles. The van der Waals surface area contributed by atoms with Gasteiger partial charge in [0.1, 0.15) is 5.75 Å². The Balaban J connectivity index is 1.24. The molecule has 2 aromatic heterocycles. The molecule has 0 atom stereocenters. The summed E-state index contributed by atoms with van der Waals surface area (Å²) in [6.45, 7) is 1.18. The van der Waals surface area contributed by atoms with E-state index in [1.807, 2.05) is 59.6 Å². The largest absolute Gasteiger partial charge is 0.496 e. The molecule has 7 nitrogen and oxygen atoms in total. The number of nitrogens with one attached hydrogen (secondary N) is 1. The van der Waals surface area contributed by atoms with Gasteiger partial charge in [-0.1, -0.05) is 35.5 Å². The zero-order chi connectivity index (χ0) is 19.8. The second kappa shape index (κ2) is 7.09. The first-order valence-corrected chi connectivity index (χ1v) is 9.52. The molecule has 0 aliphatic carbocycles. The number of aromatic amines is 1. The van der Waals surface area contributed by atoms with Crippen LogP contribution in [0.25, 0.3) is 22.3 Å². The van der Waals surface area contributed by atoms with Crippen molar-refractivity contribution < 1.29 is 14.1 Å². The van der Waals surface area contributed by atoms with Gasteiger partial charge in [0.15, 0.2) is 0 Å². The van der Waals surface area contributed by atoms with Crippen molar-refractivity contribution in [2.75, 3.05) is 20.2 Å². The molecular weight excluding hydrogens is 368 g/mol. The highest BCUT2D eigenvalue weighted by molar-refractivity contribution is 5.89. The van der Waals surface area contributed by atoms with Crippen LogP contribution in [0, 0.1) is 0 Å². The number of methoxy groups -OCH3 is 1. The summed E-state index contributed by atoms with van der Waals surface area (Å²) in [5.74, 6) is 1.93. The Hall–Kier alpha value is -3.61. The minimum Gasteiger partial charge on any atom is -0.496 e. The minimum atomic E-state index is 0.0675. The highest BCUT2D eigenvalue weighted by atomic mass is 16.5. The maximum atomic E-state index is 12.7. The summed E-state index contributed by atoms with van der Waals surface area (Å²) in [5, 5.41) is 5.18. The van der Waals surface area contributed by atoms with Crippen molar-refractivity contribution in [1.82, 2.24) is 20.0 Å². The second-order valence-corrected chi connectivity index (χ2v) is 7.19. The van der Waals surface area contributed by atoms with Gasteiger partial charge in [0.05, 0.1) is 25.0 Å². The van der Waals surface area contributed by atoms with Gasteiger partial charge in [-0.05, 0) is 23.8 Å². The van der Waals surface area contributed by atoms with E-state index in [9.17, 15) is 4.79 Å². The molecule has 0 radical (unpaired) electrons. The van der Waals surface area contributed by atoms with Gasteiger partial charge in [-0.2, -0.15) is 4.98 Å². The first-order chi connectivity index (χ1) is 14.2. The number of carbonyl (C=O) groups is 1. The van der Waals surface area contributed by atoms with Crippen LogP contribution in [0.15, 0.2) is 59.3 Å². The average molecular weight is 388 g/mol. The lowest BCUT2D eigenvalue weighted by Crippen LogP contribution is -2.49. The van der Waals surface area contributed by atoms with Crippen LogP contribution in [0.4, 0.5) is 0 Å². The maximum absolute atomic E-state index is 12.7. The molecule has 0 bridgehead atoms. The lowest BCUT2D eigenvalue weighted by Gasteiger charge is -2.37. The van der Waals surface area contributed by atoms with E-state index in [1.54, 1.807) is 7.11 Å². The molecule has 1 fully saturated rings. The van der Waals surface area contributed by atoms with Crippen molar-refractivity contribution >= 4 is 16.8 Å². The Morgan fingerprint density at radius 3 is 2.86 bits per heavy atom. The number of H-pyrrole nitrogens is 1. The lowest BCUT2D eigenvalue weighted by atomic mass is 9.98. The van der Waals surface area contributed by atoms with Crippen molar-refractivity contribution in [3.63, 3.8) is 0 Å². The van der Waals surface area contributed by atoms with Gasteiger partial charge >= 0.3 is 0 Å². The summed E-state index contributed by atoms with van der Waals surface area (Å²) in [4.78, 5) is 22.2. The highest BCUT2D eigenvalue weighted by Gasteiger charge is 2.35. The third-order valence-corrected chi connectivity index (χ3v) is 5.39. The van der Waals surface area contributed by atoms with Crippen molar-refractivity contribution in [2.45, 2.75) is 12.3 Å². The van der Waals surface area contributed by atoms with Crippen LogP contribution >= 0.6 is 0 Å². The third-order valence-electron chi connectivity index (χ3n) is 5.39. The molecule has 2 aromatic carbocycles. The molecule has 0 spiro atoms. The Kier molecular flexibility index (Phi) is 4.27. The second-order valence-electron chi connectivity index (χ2n) is 7.19. The van der Waals surface area contributed by atoms with E-state index in [1.165, 1.54) is 0 Å². The van der Waals surface area contributed by atoms with Gasteiger partial charge < -0.3 is 19.1 Å². The van der Waals surface area contributed by atoms with Crippen LogP contribution in [-0.4, -0.2) is 46.1 Å². The van der Waals surface area contributed by atoms with E-state index in [0.717, 1.165) is 22.0 Å². The SMILES string of the molecule is COc1ccccc1-c1noc(C2CN(C(=O)Cc3c[nH]c4ccccc34)C2)n1. The summed E-state index contributed by atoms with van der Waals surface area (Å²) in [5.41, 5.74) is 2.86. The quantitative estimate of drug-likeness (QED) is 0.566. The number of rotatable bonds is 5. The number of fused-ring (bicyclic) bond motifs is 1. The smallest absolute Gasteiger partial charge is 0.233 e. The summed E-state index contributed by atoms with van der Waals surface area (Å²) in [6.07, 6.45) is 2.30. The molecule has 1 amide bonds. The number of carbonyl (C=O) groups excluding carboxylic acids is 1. The van der Waals surface area contributed by atoms with E-state index in [4.69, 9.17) is 9.26 Å². The van der Waals surface area contributed by atoms with E-state index >= 15 is 0 Å². The Morgan fingerprint density at radius 1 is 1.21 bits per heavy atom. The Labute approximate surface area is 167 Å². The number of hydrogen-bond acceptors (Lipinski definition) is 5. The van der Waals surface area contributed by atoms with Crippen molar-refractivity contribution in [3.05, 3.63) is 66.2 Å². The number of likely N-dealkylation sites (tertiary alicyclic amines) is 1. The fourth-order valence-corrected chi connectivity index (χ4v) is 3.73. The lowest BCUT2D eigenvalue weighted by molar-refractivity contribution is -0.135. The van der Waals surface area contributed by atoms with Crippen LogP contribution in [0.2, 0.25) is 0 Å². The number of benzene rings is 2. The molecular formula is C22H20N4O3. The number of para-hydroxylation sites is 2. The van der Waals surface area contributed by atoms with Gasteiger partial charge in [0, 0.05) is 30.2 Å². The monoisotopic (exact) mass is 388 g/mol. The predicted molar refractivity (Wildman–Crippen MR) is 108 cm³/mol. The van der Waals surface area contributed by atoms with Gasteiger partial charge in [-0.25, -0.2) is 0 Å². The molecule has 5 rings (SSSR count). The van der Waals surface area contributed by atoms with Crippen molar-refractivity contribution in [1.29, 1.82) is 0 Å². The zero-order valence-corrected chi connectivity index (χ0v) is 16.0.